The van der Waals surface area contributed by atoms with E-state index in [-0.39, 0.29) is 18.3 Å². The van der Waals surface area contributed by atoms with Gasteiger partial charge >= 0.3 is 0 Å². The molecule has 0 atom stereocenters. The topological polar surface area (TPSA) is 51.5 Å². The summed E-state index contributed by atoms with van der Waals surface area (Å²) in [6.45, 7) is 0.237. The Labute approximate surface area is 168 Å². The van der Waals surface area contributed by atoms with Gasteiger partial charge in [-0.05, 0) is 77.2 Å². The Hall–Kier alpha value is -1.70. The lowest BCUT2D eigenvalue weighted by Gasteiger charge is -2.05. The van der Waals surface area contributed by atoms with Crippen LogP contribution >= 0.6 is 45.8 Å². The van der Waals surface area contributed by atoms with Crippen molar-refractivity contribution >= 4 is 57.4 Å². The van der Waals surface area contributed by atoms with Crippen molar-refractivity contribution in [2.75, 3.05) is 5.32 Å². The van der Waals surface area contributed by atoms with E-state index in [2.05, 4.69) is 27.9 Å². The van der Waals surface area contributed by atoms with Crippen molar-refractivity contribution in [3.63, 3.8) is 0 Å². The molecule has 1 aromatic heterocycles. The average molecular weight is 488 g/mol. The first-order valence-electron chi connectivity index (χ1n) is 7.25. The number of hydrogen-bond donors (Lipinski definition) is 1. The van der Waals surface area contributed by atoms with Crippen molar-refractivity contribution in [2.45, 2.75) is 6.61 Å². The molecule has 0 bridgehead atoms. The maximum Gasteiger partial charge on any atom is 0.291 e. The molecule has 1 heterocycles. The first kappa shape index (κ1) is 18.1. The third-order valence-corrected chi connectivity index (χ3v) is 4.72. The quantitative estimate of drug-likeness (QED) is 0.447. The number of benzene rings is 2. The van der Waals surface area contributed by atoms with Crippen molar-refractivity contribution in [1.82, 2.24) is 0 Å². The van der Waals surface area contributed by atoms with E-state index in [1.165, 1.54) is 0 Å². The Balaban J connectivity index is 1.61. The molecule has 25 heavy (non-hydrogen) atoms. The third-order valence-electron chi connectivity index (χ3n) is 3.26. The van der Waals surface area contributed by atoms with E-state index in [1.807, 2.05) is 24.3 Å². The molecule has 3 rings (SSSR count). The van der Waals surface area contributed by atoms with E-state index in [0.717, 1.165) is 9.32 Å². The van der Waals surface area contributed by atoms with Crippen LogP contribution in [0.5, 0.6) is 5.75 Å². The second-order valence-electron chi connectivity index (χ2n) is 5.09. The Morgan fingerprint density at radius 2 is 1.80 bits per heavy atom. The summed E-state index contributed by atoms with van der Waals surface area (Å²) in [6.07, 6.45) is 0. The van der Waals surface area contributed by atoms with Crippen LogP contribution in [0.15, 0.2) is 59.0 Å². The zero-order valence-electron chi connectivity index (χ0n) is 12.8. The Morgan fingerprint density at radius 3 is 2.52 bits per heavy atom. The summed E-state index contributed by atoms with van der Waals surface area (Å²) >= 11 is 14.0. The summed E-state index contributed by atoms with van der Waals surface area (Å²) in [7, 11) is 0. The van der Waals surface area contributed by atoms with Gasteiger partial charge in [0.05, 0.1) is 10.0 Å². The minimum atomic E-state index is -0.376. The van der Waals surface area contributed by atoms with E-state index < -0.39 is 0 Å². The molecule has 0 aliphatic rings. The lowest BCUT2D eigenvalue weighted by molar-refractivity contribution is 0.0992. The number of carbonyl (C=O) groups excluding carboxylic acids is 1. The second-order valence-corrected chi connectivity index (χ2v) is 7.15. The number of halogens is 3. The first-order valence-corrected chi connectivity index (χ1v) is 9.08. The van der Waals surface area contributed by atoms with Gasteiger partial charge in [-0.25, -0.2) is 0 Å². The molecule has 0 saturated carbocycles. The molecule has 0 radical (unpaired) electrons. The molecule has 4 nitrogen and oxygen atoms in total. The van der Waals surface area contributed by atoms with Crippen LogP contribution in [0.1, 0.15) is 16.3 Å². The molecule has 128 valence electrons. The highest BCUT2D eigenvalue weighted by Crippen LogP contribution is 2.25. The third kappa shape index (κ3) is 4.90. The molecule has 3 aromatic rings. The monoisotopic (exact) mass is 487 g/mol. The van der Waals surface area contributed by atoms with Crippen LogP contribution in [0.3, 0.4) is 0 Å². The fourth-order valence-corrected chi connectivity index (χ4v) is 2.69. The van der Waals surface area contributed by atoms with Gasteiger partial charge in [0.2, 0.25) is 0 Å². The number of amides is 1. The molecule has 0 spiro atoms. The normalized spacial score (nSPS) is 10.5. The van der Waals surface area contributed by atoms with Crippen LogP contribution in [-0.4, -0.2) is 5.91 Å². The molecule has 1 amide bonds. The smallest absolute Gasteiger partial charge is 0.291 e. The molecule has 0 aliphatic heterocycles. The van der Waals surface area contributed by atoms with Gasteiger partial charge in [0.1, 0.15) is 18.1 Å². The number of nitrogens with one attached hydrogen (secondary N) is 1. The van der Waals surface area contributed by atoms with Crippen molar-refractivity contribution in [3.05, 3.63) is 79.7 Å². The highest BCUT2D eigenvalue weighted by molar-refractivity contribution is 14.1. The van der Waals surface area contributed by atoms with Crippen LogP contribution < -0.4 is 10.1 Å². The van der Waals surface area contributed by atoms with Crippen molar-refractivity contribution in [2.24, 2.45) is 0 Å². The summed E-state index contributed by atoms with van der Waals surface area (Å²) in [5, 5.41) is 3.49. The van der Waals surface area contributed by atoms with Crippen molar-refractivity contribution < 1.29 is 13.9 Å². The maximum atomic E-state index is 12.2. The van der Waals surface area contributed by atoms with E-state index in [4.69, 9.17) is 32.4 Å². The zero-order chi connectivity index (χ0) is 17.8. The average Bonchev–Trinajstić information content (AvgIpc) is 3.07. The van der Waals surface area contributed by atoms with Gasteiger partial charge in [-0.3, -0.25) is 4.79 Å². The lowest BCUT2D eigenvalue weighted by Crippen LogP contribution is -2.10. The second kappa shape index (κ2) is 8.12. The fraction of sp³-hybridized carbons (Fsp3) is 0.0556. The van der Waals surface area contributed by atoms with E-state index >= 15 is 0 Å². The van der Waals surface area contributed by atoms with Gasteiger partial charge in [0.15, 0.2) is 5.76 Å². The molecule has 7 heteroatoms. The Kier molecular flexibility index (Phi) is 5.88. The minimum Gasteiger partial charge on any atom is -0.486 e. The maximum absolute atomic E-state index is 12.2. The van der Waals surface area contributed by atoms with Crippen LogP contribution in [0.2, 0.25) is 10.0 Å². The number of carbonyl (C=O) groups is 1. The van der Waals surface area contributed by atoms with E-state index in [9.17, 15) is 4.79 Å². The zero-order valence-corrected chi connectivity index (χ0v) is 16.4. The SMILES string of the molecule is O=C(Nc1ccc(Cl)c(Cl)c1)c1ccc(COc2ccc(I)cc2)o1. The number of rotatable bonds is 5. The van der Waals surface area contributed by atoms with Crippen LogP contribution in [0.4, 0.5) is 5.69 Å². The summed E-state index contributed by atoms with van der Waals surface area (Å²) < 4.78 is 12.3. The Bertz CT molecular complexity index is 894. The van der Waals surface area contributed by atoms with Crippen molar-refractivity contribution in [1.29, 1.82) is 0 Å². The molecule has 0 saturated heterocycles. The summed E-state index contributed by atoms with van der Waals surface area (Å²) in [6, 6.07) is 15.8. The molecule has 1 N–H and O–H groups in total. The first-order chi connectivity index (χ1) is 12.0. The summed E-state index contributed by atoms with van der Waals surface area (Å²) in [5.74, 6) is 1.10. The Morgan fingerprint density at radius 1 is 1.04 bits per heavy atom. The van der Waals surface area contributed by atoms with Gasteiger partial charge in [-0.1, -0.05) is 23.2 Å². The molecule has 0 fully saturated rings. The highest BCUT2D eigenvalue weighted by atomic mass is 127. The fourth-order valence-electron chi connectivity index (χ4n) is 2.03. The molecule has 0 aliphatic carbocycles. The summed E-state index contributed by atoms with van der Waals surface area (Å²) in [4.78, 5) is 12.2. The summed E-state index contributed by atoms with van der Waals surface area (Å²) in [5.41, 5.74) is 0.535. The molecular formula is C18H12Cl2INO3. The van der Waals surface area contributed by atoms with Gasteiger partial charge in [-0.15, -0.1) is 0 Å². The standard InChI is InChI=1S/C18H12Cl2INO3/c19-15-7-3-12(9-16(15)20)22-18(23)17-8-6-14(25-17)10-24-13-4-1-11(21)2-5-13/h1-9H,10H2,(H,22,23). The molecule has 0 unspecified atom stereocenters. The van der Waals surface area contributed by atoms with Crippen LogP contribution in [-0.2, 0) is 6.61 Å². The number of ether oxygens (including phenoxy) is 1. The van der Waals surface area contributed by atoms with Crippen LogP contribution in [0, 0.1) is 3.57 Å². The number of anilines is 1. The van der Waals surface area contributed by atoms with Crippen LogP contribution in [0.25, 0.3) is 0 Å². The number of furan rings is 1. The molecular weight excluding hydrogens is 476 g/mol. The van der Waals surface area contributed by atoms with E-state index in [1.54, 1.807) is 30.3 Å². The largest absolute Gasteiger partial charge is 0.486 e. The highest BCUT2D eigenvalue weighted by Gasteiger charge is 2.12. The lowest BCUT2D eigenvalue weighted by atomic mass is 10.3. The van der Waals surface area contributed by atoms with Gasteiger partial charge in [-0.2, -0.15) is 0 Å². The van der Waals surface area contributed by atoms with E-state index in [0.29, 0.717) is 21.5 Å². The number of hydrogen-bond acceptors (Lipinski definition) is 3. The van der Waals surface area contributed by atoms with Gasteiger partial charge in [0, 0.05) is 9.26 Å². The van der Waals surface area contributed by atoms with Gasteiger partial charge < -0.3 is 14.5 Å². The predicted molar refractivity (Wildman–Crippen MR) is 107 cm³/mol. The van der Waals surface area contributed by atoms with Gasteiger partial charge in [0.25, 0.3) is 5.91 Å². The minimum absolute atomic E-state index is 0.187. The predicted octanol–water partition coefficient (Wildman–Crippen LogP) is 6.02. The van der Waals surface area contributed by atoms with Crippen molar-refractivity contribution in [3.8, 4) is 5.75 Å². The molecule has 2 aromatic carbocycles.